The van der Waals surface area contributed by atoms with Crippen LogP contribution in [0.4, 0.5) is 18.3 Å². The molecule has 0 fully saturated rings. The van der Waals surface area contributed by atoms with E-state index in [0.29, 0.717) is 11.3 Å². The fourth-order valence-electron chi connectivity index (χ4n) is 1.29. The molecule has 19 heavy (non-hydrogen) atoms. The number of hydrogen-bond donors (Lipinski definition) is 1. The highest BCUT2D eigenvalue weighted by Crippen LogP contribution is 2.33. The van der Waals surface area contributed by atoms with Crippen molar-refractivity contribution in [3.8, 4) is 0 Å². The molecule has 1 N–H and O–H groups in total. The minimum Gasteiger partial charge on any atom is -0.297 e. The molecule has 0 bridgehead atoms. The topological polar surface area (TPSA) is 54.9 Å². The monoisotopic (exact) mass is 307 g/mol. The van der Waals surface area contributed by atoms with Crippen molar-refractivity contribution in [1.82, 2.24) is 9.97 Å². The molecule has 0 aliphatic heterocycles. The van der Waals surface area contributed by atoms with Crippen LogP contribution in [0.3, 0.4) is 0 Å². The lowest BCUT2D eigenvalue weighted by Crippen LogP contribution is -2.17. The largest absolute Gasteiger partial charge is 0.434 e. The van der Waals surface area contributed by atoms with E-state index in [0.717, 1.165) is 16.1 Å². The number of halogens is 3. The zero-order valence-corrected chi connectivity index (χ0v) is 11.5. The summed E-state index contributed by atoms with van der Waals surface area (Å²) in [6.45, 7) is 3.58. The van der Waals surface area contributed by atoms with Crippen molar-refractivity contribution in [2.45, 2.75) is 20.0 Å². The normalized spacial score (nSPS) is 11.6. The molecular formula is C10H8F3N3OS2. The van der Waals surface area contributed by atoms with Crippen LogP contribution in [0.15, 0.2) is 5.51 Å². The van der Waals surface area contributed by atoms with Gasteiger partial charge in [-0.15, -0.1) is 22.7 Å². The van der Waals surface area contributed by atoms with Crippen molar-refractivity contribution in [3.05, 3.63) is 26.7 Å². The van der Waals surface area contributed by atoms with Crippen molar-refractivity contribution in [3.63, 3.8) is 0 Å². The Balaban J connectivity index is 2.24. The van der Waals surface area contributed by atoms with Crippen molar-refractivity contribution in [1.29, 1.82) is 0 Å². The number of aryl methyl sites for hydroxylation is 2. The zero-order valence-electron chi connectivity index (χ0n) is 9.83. The predicted molar refractivity (Wildman–Crippen MR) is 66.7 cm³/mol. The molecule has 0 radical (unpaired) electrons. The number of nitrogens with zero attached hydrogens (tertiary/aromatic N) is 2. The molecule has 4 nitrogen and oxygen atoms in total. The number of nitrogens with one attached hydrogen (secondary N) is 1. The number of amides is 1. The summed E-state index contributed by atoms with van der Waals surface area (Å²) in [6.07, 6.45) is -4.64. The SMILES string of the molecule is Cc1nc(NC(=O)c2scnc2C(F)(F)F)sc1C. The molecule has 2 rings (SSSR count). The van der Waals surface area contributed by atoms with Gasteiger partial charge in [0.15, 0.2) is 10.8 Å². The fraction of sp³-hybridized carbons (Fsp3) is 0.300. The Morgan fingerprint density at radius 1 is 1.37 bits per heavy atom. The summed E-state index contributed by atoms with van der Waals surface area (Å²) in [4.78, 5) is 19.5. The molecule has 2 aromatic rings. The van der Waals surface area contributed by atoms with Crippen molar-refractivity contribution < 1.29 is 18.0 Å². The summed E-state index contributed by atoms with van der Waals surface area (Å²) in [7, 11) is 0. The first kappa shape index (κ1) is 13.9. The Kier molecular flexibility index (Phi) is 3.59. The lowest BCUT2D eigenvalue weighted by atomic mass is 10.3. The summed E-state index contributed by atoms with van der Waals surface area (Å²) < 4.78 is 37.8. The van der Waals surface area contributed by atoms with Crippen LogP contribution in [0.1, 0.15) is 25.9 Å². The number of anilines is 1. The van der Waals surface area contributed by atoms with Crippen LogP contribution >= 0.6 is 22.7 Å². The van der Waals surface area contributed by atoms with Crippen LogP contribution in [0.5, 0.6) is 0 Å². The second kappa shape index (κ2) is 4.89. The number of thiazole rings is 2. The number of carbonyl (C=O) groups is 1. The number of aromatic nitrogens is 2. The maximum absolute atomic E-state index is 12.6. The van der Waals surface area contributed by atoms with Gasteiger partial charge < -0.3 is 0 Å². The van der Waals surface area contributed by atoms with Gasteiger partial charge in [0.1, 0.15) is 4.88 Å². The second-order valence-corrected chi connectivity index (χ2v) is 5.70. The van der Waals surface area contributed by atoms with Gasteiger partial charge >= 0.3 is 6.18 Å². The quantitative estimate of drug-likeness (QED) is 0.924. The number of alkyl halides is 3. The Morgan fingerprint density at radius 2 is 2.05 bits per heavy atom. The van der Waals surface area contributed by atoms with Gasteiger partial charge in [-0.2, -0.15) is 13.2 Å². The minimum atomic E-state index is -4.64. The van der Waals surface area contributed by atoms with Crippen LogP contribution in [0.2, 0.25) is 0 Å². The Morgan fingerprint density at radius 3 is 2.58 bits per heavy atom. The summed E-state index contributed by atoms with van der Waals surface area (Å²) in [5.74, 6) is -0.844. The van der Waals surface area contributed by atoms with Gasteiger partial charge in [-0.1, -0.05) is 0 Å². The Bertz CT molecular complexity index is 598. The smallest absolute Gasteiger partial charge is 0.297 e. The molecule has 2 heterocycles. The molecule has 2 aromatic heterocycles. The van der Waals surface area contributed by atoms with E-state index in [4.69, 9.17) is 0 Å². The van der Waals surface area contributed by atoms with Crippen LogP contribution < -0.4 is 5.32 Å². The molecule has 102 valence electrons. The molecule has 0 aromatic carbocycles. The van der Waals surface area contributed by atoms with Gasteiger partial charge in [0.2, 0.25) is 0 Å². The highest BCUT2D eigenvalue weighted by atomic mass is 32.1. The van der Waals surface area contributed by atoms with E-state index in [1.54, 1.807) is 6.92 Å². The third-order valence-corrected chi connectivity index (χ3v) is 4.10. The Hall–Kier alpha value is -1.48. The standard InChI is InChI=1S/C10H8F3N3OS2/c1-4-5(2)19-9(15-4)16-8(17)6-7(10(11,12)13)14-3-18-6/h3H,1-2H3,(H,15,16,17). The van der Waals surface area contributed by atoms with E-state index < -0.39 is 22.7 Å². The van der Waals surface area contributed by atoms with E-state index >= 15 is 0 Å². The van der Waals surface area contributed by atoms with Gasteiger partial charge in [-0.05, 0) is 13.8 Å². The molecule has 0 unspecified atom stereocenters. The molecule has 9 heteroatoms. The average molecular weight is 307 g/mol. The van der Waals surface area contributed by atoms with Crippen molar-refractivity contribution in [2.75, 3.05) is 5.32 Å². The highest BCUT2D eigenvalue weighted by Gasteiger charge is 2.38. The highest BCUT2D eigenvalue weighted by molar-refractivity contribution is 7.16. The predicted octanol–water partition coefficient (Wildman–Crippen LogP) is 3.49. The van der Waals surface area contributed by atoms with Crippen molar-refractivity contribution in [2.24, 2.45) is 0 Å². The molecule has 0 atom stereocenters. The summed E-state index contributed by atoms with van der Waals surface area (Å²) in [5.41, 5.74) is 0.566. The van der Waals surface area contributed by atoms with E-state index in [1.165, 1.54) is 11.3 Å². The van der Waals surface area contributed by atoms with E-state index in [9.17, 15) is 18.0 Å². The molecule has 0 saturated heterocycles. The maximum atomic E-state index is 12.6. The molecule has 0 saturated carbocycles. The third-order valence-electron chi connectivity index (χ3n) is 2.29. The fourth-order valence-corrected chi connectivity index (χ4v) is 2.80. The molecule has 1 amide bonds. The third kappa shape index (κ3) is 2.92. The number of hydrogen-bond acceptors (Lipinski definition) is 5. The maximum Gasteiger partial charge on any atom is 0.434 e. The number of carbonyl (C=O) groups excluding carboxylic acids is 1. The van der Waals surface area contributed by atoms with Crippen LogP contribution in [0, 0.1) is 13.8 Å². The molecular weight excluding hydrogens is 299 g/mol. The van der Waals surface area contributed by atoms with E-state index in [-0.39, 0.29) is 5.13 Å². The minimum absolute atomic E-state index is 0.279. The second-order valence-electron chi connectivity index (χ2n) is 3.64. The number of rotatable bonds is 2. The van der Waals surface area contributed by atoms with Gasteiger partial charge in [0, 0.05) is 4.88 Å². The summed E-state index contributed by atoms with van der Waals surface area (Å²) in [6, 6.07) is 0. The first-order chi connectivity index (χ1) is 8.79. The van der Waals surface area contributed by atoms with Gasteiger partial charge in [-0.3, -0.25) is 10.1 Å². The lowest BCUT2D eigenvalue weighted by molar-refractivity contribution is -0.141. The first-order valence-corrected chi connectivity index (χ1v) is 6.74. The zero-order chi connectivity index (χ0) is 14.2. The lowest BCUT2D eigenvalue weighted by Gasteiger charge is -2.05. The van der Waals surface area contributed by atoms with Gasteiger partial charge in [-0.25, -0.2) is 9.97 Å². The van der Waals surface area contributed by atoms with Crippen molar-refractivity contribution >= 4 is 33.7 Å². The van der Waals surface area contributed by atoms with Gasteiger partial charge in [0.25, 0.3) is 5.91 Å². The summed E-state index contributed by atoms with van der Waals surface area (Å²) >= 11 is 1.86. The first-order valence-electron chi connectivity index (χ1n) is 5.05. The van der Waals surface area contributed by atoms with Gasteiger partial charge in [0.05, 0.1) is 11.2 Å². The summed E-state index contributed by atoms with van der Waals surface area (Å²) in [5, 5.41) is 2.64. The molecule has 0 aliphatic rings. The van der Waals surface area contributed by atoms with Crippen LogP contribution in [0.25, 0.3) is 0 Å². The van der Waals surface area contributed by atoms with E-state index in [1.807, 2.05) is 6.92 Å². The molecule has 0 spiro atoms. The van der Waals surface area contributed by atoms with Crippen LogP contribution in [-0.4, -0.2) is 15.9 Å². The average Bonchev–Trinajstić information content (AvgIpc) is 2.86. The Labute approximate surface area is 114 Å². The van der Waals surface area contributed by atoms with E-state index in [2.05, 4.69) is 15.3 Å². The molecule has 0 aliphatic carbocycles. The van der Waals surface area contributed by atoms with Crippen LogP contribution in [-0.2, 0) is 6.18 Å².